The van der Waals surface area contributed by atoms with Crippen molar-refractivity contribution in [3.8, 4) is 0 Å². The van der Waals surface area contributed by atoms with E-state index in [1.807, 2.05) is 18.7 Å². The minimum absolute atomic E-state index is 0.00956. The number of nitrogens with zero attached hydrogens (tertiary/aromatic N) is 1. The number of rotatable bonds is 8. The van der Waals surface area contributed by atoms with E-state index < -0.39 is 0 Å². The van der Waals surface area contributed by atoms with Gasteiger partial charge in [-0.3, -0.25) is 9.59 Å². The standard InChI is InChI=1S/C21H32N4O4/c1-4-15(5-2)20(27)25-12-10-18(11-13-25)24-21(28)23-17-8-6-16(7-9-17)22-19(26)14-29-3/h6-9,15,18H,4-5,10-14H2,1-3H3,(H,22,26)(H2,23,24,28). The molecule has 0 saturated carbocycles. The van der Waals surface area contributed by atoms with Gasteiger partial charge < -0.3 is 25.6 Å². The first-order chi connectivity index (χ1) is 14.0. The summed E-state index contributed by atoms with van der Waals surface area (Å²) in [6.45, 7) is 5.44. The second-order valence-electron chi connectivity index (χ2n) is 7.27. The molecule has 0 aromatic heterocycles. The first-order valence-electron chi connectivity index (χ1n) is 10.2. The minimum Gasteiger partial charge on any atom is -0.375 e. The highest BCUT2D eigenvalue weighted by Crippen LogP contribution is 2.18. The topological polar surface area (TPSA) is 99.8 Å². The van der Waals surface area contributed by atoms with Crippen molar-refractivity contribution >= 4 is 29.2 Å². The zero-order valence-electron chi connectivity index (χ0n) is 17.5. The average Bonchev–Trinajstić information content (AvgIpc) is 2.71. The maximum absolute atomic E-state index is 12.5. The third-order valence-electron chi connectivity index (χ3n) is 5.18. The van der Waals surface area contributed by atoms with Gasteiger partial charge in [0.05, 0.1) is 0 Å². The van der Waals surface area contributed by atoms with Crippen molar-refractivity contribution in [3.63, 3.8) is 0 Å². The van der Waals surface area contributed by atoms with Crippen LogP contribution in [0.5, 0.6) is 0 Å². The molecule has 29 heavy (non-hydrogen) atoms. The number of carbonyl (C=O) groups excluding carboxylic acids is 3. The van der Waals surface area contributed by atoms with Crippen molar-refractivity contribution in [2.24, 2.45) is 5.92 Å². The van der Waals surface area contributed by atoms with Gasteiger partial charge in [0.1, 0.15) is 6.61 Å². The van der Waals surface area contributed by atoms with Crippen LogP contribution in [0, 0.1) is 5.92 Å². The van der Waals surface area contributed by atoms with Crippen LogP contribution in [0.2, 0.25) is 0 Å². The lowest BCUT2D eigenvalue weighted by molar-refractivity contribution is -0.136. The molecule has 8 heteroatoms. The Morgan fingerprint density at radius 2 is 1.59 bits per heavy atom. The van der Waals surface area contributed by atoms with Gasteiger partial charge in [0.15, 0.2) is 0 Å². The molecule has 1 fully saturated rings. The maximum Gasteiger partial charge on any atom is 0.319 e. The quantitative estimate of drug-likeness (QED) is 0.620. The highest BCUT2D eigenvalue weighted by Gasteiger charge is 2.27. The molecule has 1 aliphatic heterocycles. The van der Waals surface area contributed by atoms with Crippen molar-refractivity contribution in [1.29, 1.82) is 0 Å². The number of nitrogens with one attached hydrogen (secondary N) is 3. The molecule has 0 radical (unpaired) electrons. The van der Waals surface area contributed by atoms with E-state index >= 15 is 0 Å². The first kappa shape index (κ1) is 22.7. The van der Waals surface area contributed by atoms with Crippen molar-refractivity contribution in [3.05, 3.63) is 24.3 Å². The maximum atomic E-state index is 12.5. The van der Waals surface area contributed by atoms with Crippen LogP contribution in [0.4, 0.5) is 16.2 Å². The van der Waals surface area contributed by atoms with Gasteiger partial charge in [-0.15, -0.1) is 0 Å². The molecule has 2 rings (SSSR count). The molecule has 160 valence electrons. The molecule has 0 bridgehead atoms. The first-order valence-corrected chi connectivity index (χ1v) is 10.2. The van der Waals surface area contributed by atoms with Crippen LogP contribution in [-0.2, 0) is 14.3 Å². The van der Waals surface area contributed by atoms with E-state index in [-0.39, 0.29) is 36.4 Å². The fraction of sp³-hybridized carbons (Fsp3) is 0.571. The van der Waals surface area contributed by atoms with Crippen molar-refractivity contribution in [2.75, 3.05) is 37.4 Å². The summed E-state index contributed by atoms with van der Waals surface area (Å²) in [4.78, 5) is 38.1. The van der Waals surface area contributed by atoms with Gasteiger partial charge in [0, 0.05) is 43.5 Å². The van der Waals surface area contributed by atoms with E-state index in [0.717, 1.165) is 25.7 Å². The molecule has 1 saturated heterocycles. The largest absolute Gasteiger partial charge is 0.375 e. The fourth-order valence-corrected chi connectivity index (χ4v) is 3.46. The van der Waals surface area contributed by atoms with Gasteiger partial charge in [-0.25, -0.2) is 4.79 Å². The Labute approximate surface area is 172 Å². The number of amides is 4. The van der Waals surface area contributed by atoms with Crippen LogP contribution < -0.4 is 16.0 Å². The number of anilines is 2. The Morgan fingerprint density at radius 3 is 2.10 bits per heavy atom. The van der Waals surface area contributed by atoms with Gasteiger partial charge in [0.25, 0.3) is 0 Å². The van der Waals surface area contributed by atoms with E-state index in [1.165, 1.54) is 7.11 Å². The van der Waals surface area contributed by atoms with Gasteiger partial charge in [-0.1, -0.05) is 13.8 Å². The fourth-order valence-electron chi connectivity index (χ4n) is 3.46. The van der Waals surface area contributed by atoms with E-state index in [4.69, 9.17) is 4.74 Å². The zero-order chi connectivity index (χ0) is 21.2. The number of methoxy groups -OCH3 is 1. The summed E-state index contributed by atoms with van der Waals surface area (Å²) in [5.41, 5.74) is 1.26. The van der Waals surface area contributed by atoms with E-state index in [2.05, 4.69) is 16.0 Å². The molecule has 0 atom stereocenters. The van der Waals surface area contributed by atoms with E-state index in [1.54, 1.807) is 24.3 Å². The molecule has 4 amide bonds. The molecule has 0 spiro atoms. The Morgan fingerprint density at radius 1 is 1.03 bits per heavy atom. The lowest BCUT2D eigenvalue weighted by atomic mass is 9.98. The number of ether oxygens (including phenoxy) is 1. The van der Waals surface area contributed by atoms with E-state index in [9.17, 15) is 14.4 Å². The number of benzene rings is 1. The number of urea groups is 1. The van der Waals surface area contributed by atoms with Crippen LogP contribution in [0.25, 0.3) is 0 Å². The van der Waals surface area contributed by atoms with E-state index in [0.29, 0.717) is 24.5 Å². The average molecular weight is 405 g/mol. The van der Waals surface area contributed by atoms with Gasteiger partial charge in [-0.05, 0) is 49.9 Å². The van der Waals surface area contributed by atoms with Crippen molar-refractivity contribution in [1.82, 2.24) is 10.2 Å². The summed E-state index contributed by atoms with van der Waals surface area (Å²) in [5, 5.41) is 8.46. The summed E-state index contributed by atoms with van der Waals surface area (Å²) in [6.07, 6.45) is 3.24. The van der Waals surface area contributed by atoms with Crippen LogP contribution in [0.1, 0.15) is 39.5 Å². The number of piperidine rings is 1. The number of carbonyl (C=O) groups is 3. The molecule has 8 nitrogen and oxygen atoms in total. The summed E-state index contributed by atoms with van der Waals surface area (Å²) in [6, 6.07) is 6.65. The third-order valence-corrected chi connectivity index (χ3v) is 5.18. The van der Waals surface area contributed by atoms with Gasteiger partial charge in [-0.2, -0.15) is 0 Å². The Balaban J connectivity index is 1.76. The van der Waals surface area contributed by atoms with Gasteiger partial charge >= 0.3 is 6.03 Å². The smallest absolute Gasteiger partial charge is 0.319 e. The summed E-state index contributed by atoms with van der Waals surface area (Å²) >= 11 is 0. The van der Waals surface area contributed by atoms with Crippen LogP contribution in [0.3, 0.4) is 0 Å². The highest BCUT2D eigenvalue weighted by molar-refractivity contribution is 5.93. The van der Waals surface area contributed by atoms with Crippen molar-refractivity contribution in [2.45, 2.75) is 45.6 Å². The minimum atomic E-state index is -0.272. The van der Waals surface area contributed by atoms with Crippen LogP contribution >= 0.6 is 0 Å². The molecule has 1 aromatic carbocycles. The van der Waals surface area contributed by atoms with Crippen LogP contribution in [0.15, 0.2) is 24.3 Å². The monoisotopic (exact) mass is 404 g/mol. The molecular formula is C21H32N4O4. The van der Waals surface area contributed by atoms with Crippen LogP contribution in [-0.4, -0.2) is 55.6 Å². The second kappa shape index (κ2) is 11.4. The Kier molecular flexibility index (Phi) is 8.92. The molecule has 0 aliphatic carbocycles. The zero-order valence-corrected chi connectivity index (χ0v) is 17.5. The molecular weight excluding hydrogens is 372 g/mol. The number of hydrogen-bond donors (Lipinski definition) is 3. The lowest BCUT2D eigenvalue weighted by Gasteiger charge is -2.34. The summed E-state index contributed by atoms with van der Waals surface area (Å²) in [5.74, 6) is 0.0978. The predicted octanol–water partition coefficient (Wildman–Crippen LogP) is 2.82. The molecule has 0 unspecified atom stereocenters. The number of hydrogen-bond acceptors (Lipinski definition) is 4. The van der Waals surface area contributed by atoms with Crippen molar-refractivity contribution < 1.29 is 19.1 Å². The summed E-state index contributed by atoms with van der Waals surface area (Å²) < 4.78 is 4.77. The summed E-state index contributed by atoms with van der Waals surface area (Å²) in [7, 11) is 1.46. The Bertz CT molecular complexity index is 680. The number of likely N-dealkylation sites (tertiary alicyclic amines) is 1. The van der Waals surface area contributed by atoms with Gasteiger partial charge in [0.2, 0.25) is 11.8 Å². The SMILES string of the molecule is CCC(CC)C(=O)N1CCC(NC(=O)Nc2ccc(NC(=O)COC)cc2)CC1. The Hall–Kier alpha value is -2.61. The lowest BCUT2D eigenvalue weighted by Crippen LogP contribution is -2.48. The normalized spacial score (nSPS) is 14.6. The third kappa shape index (κ3) is 7.05. The predicted molar refractivity (Wildman–Crippen MR) is 113 cm³/mol. The molecule has 3 N–H and O–H groups in total. The molecule has 1 heterocycles. The molecule has 1 aliphatic rings. The molecule has 1 aromatic rings. The highest BCUT2D eigenvalue weighted by atomic mass is 16.5. The second-order valence-corrected chi connectivity index (χ2v) is 7.27.